The number of aryl methyl sites for hydroxylation is 1. The molecule has 2 N–H and O–H groups in total. The lowest BCUT2D eigenvalue weighted by Gasteiger charge is -2.03. The zero-order valence-electron chi connectivity index (χ0n) is 9.07. The summed E-state index contributed by atoms with van der Waals surface area (Å²) in [4.78, 5) is 18.0. The van der Waals surface area contributed by atoms with Gasteiger partial charge in [-0.2, -0.15) is 0 Å². The highest BCUT2D eigenvalue weighted by Gasteiger charge is 2.12. The van der Waals surface area contributed by atoms with Crippen LogP contribution in [-0.2, 0) is 11.2 Å². The van der Waals surface area contributed by atoms with Gasteiger partial charge in [-0.05, 0) is 18.6 Å². The summed E-state index contributed by atoms with van der Waals surface area (Å²) in [7, 11) is 1.57. The van der Waals surface area contributed by atoms with Crippen molar-refractivity contribution in [1.29, 1.82) is 0 Å². The number of carboxylic acids is 1. The number of rotatable bonds is 3. The number of ether oxygens (including phenoxy) is 1. The van der Waals surface area contributed by atoms with E-state index in [1.807, 2.05) is 6.92 Å². The molecule has 1 heterocycles. The van der Waals surface area contributed by atoms with Gasteiger partial charge in [0.05, 0.1) is 19.0 Å². The Balaban J connectivity index is 2.64. The molecule has 0 unspecified atom stereocenters. The Bertz CT molecular complexity index is 545. The fraction of sp³-hybridized carbons (Fsp3) is 0.273. The largest absolute Gasteiger partial charge is 0.494 e. The molecule has 16 heavy (non-hydrogen) atoms. The van der Waals surface area contributed by atoms with Crippen LogP contribution < -0.4 is 4.74 Å². The first-order valence-electron chi connectivity index (χ1n) is 4.86. The van der Waals surface area contributed by atoms with E-state index in [1.54, 1.807) is 19.2 Å². The quantitative estimate of drug-likeness (QED) is 0.822. The van der Waals surface area contributed by atoms with Gasteiger partial charge in [0.25, 0.3) is 0 Å². The maximum Gasteiger partial charge on any atom is 0.307 e. The highest BCUT2D eigenvalue weighted by molar-refractivity contribution is 5.87. The molecule has 0 saturated carbocycles. The van der Waals surface area contributed by atoms with Crippen molar-refractivity contribution >= 4 is 17.0 Å². The molecular weight excluding hydrogens is 208 g/mol. The number of carboxylic acid groups (broad SMARTS) is 1. The number of aromatic nitrogens is 2. The van der Waals surface area contributed by atoms with E-state index in [0.29, 0.717) is 16.8 Å². The molecule has 2 rings (SSSR count). The first-order valence-corrected chi connectivity index (χ1v) is 4.86. The maximum absolute atomic E-state index is 10.7. The molecule has 5 heteroatoms. The lowest BCUT2D eigenvalue weighted by molar-refractivity contribution is -0.136. The van der Waals surface area contributed by atoms with Gasteiger partial charge in [-0.15, -0.1) is 0 Å². The number of benzene rings is 1. The second kappa shape index (κ2) is 3.84. The summed E-state index contributed by atoms with van der Waals surface area (Å²) in [5, 5.41) is 8.79. The van der Waals surface area contributed by atoms with E-state index in [4.69, 9.17) is 9.84 Å². The van der Waals surface area contributed by atoms with E-state index < -0.39 is 5.97 Å². The van der Waals surface area contributed by atoms with Gasteiger partial charge < -0.3 is 14.8 Å². The average Bonchev–Trinajstić information content (AvgIpc) is 2.59. The number of H-pyrrole nitrogens is 1. The Morgan fingerprint density at radius 1 is 1.56 bits per heavy atom. The minimum atomic E-state index is -0.862. The normalized spacial score (nSPS) is 10.6. The van der Waals surface area contributed by atoms with Gasteiger partial charge in [0.15, 0.2) is 0 Å². The number of aromatic amines is 1. The molecule has 84 valence electrons. The van der Waals surface area contributed by atoms with Gasteiger partial charge in [0.1, 0.15) is 17.1 Å². The molecule has 0 aliphatic heterocycles. The zero-order valence-corrected chi connectivity index (χ0v) is 9.07. The molecule has 0 atom stereocenters. The van der Waals surface area contributed by atoms with Crippen LogP contribution in [-0.4, -0.2) is 28.2 Å². The minimum Gasteiger partial charge on any atom is -0.494 e. The summed E-state index contributed by atoms with van der Waals surface area (Å²) >= 11 is 0. The van der Waals surface area contributed by atoms with Crippen LogP contribution in [0.5, 0.6) is 5.75 Å². The van der Waals surface area contributed by atoms with E-state index in [0.717, 1.165) is 11.3 Å². The van der Waals surface area contributed by atoms with Crippen LogP contribution in [0.15, 0.2) is 12.1 Å². The Labute approximate surface area is 92.1 Å². The lowest BCUT2D eigenvalue weighted by atomic mass is 10.1. The lowest BCUT2D eigenvalue weighted by Crippen LogP contribution is -2.01. The second-order valence-electron chi connectivity index (χ2n) is 3.54. The van der Waals surface area contributed by atoms with Crippen molar-refractivity contribution < 1.29 is 14.6 Å². The number of fused-ring (bicyclic) bond motifs is 1. The number of methoxy groups -OCH3 is 1. The van der Waals surface area contributed by atoms with Crippen LogP contribution in [0.4, 0.5) is 0 Å². The van der Waals surface area contributed by atoms with Gasteiger partial charge in [-0.25, -0.2) is 4.98 Å². The highest BCUT2D eigenvalue weighted by Crippen LogP contribution is 2.26. The van der Waals surface area contributed by atoms with Crippen LogP contribution >= 0.6 is 0 Å². The van der Waals surface area contributed by atoms with Gasteiger partial charge in [0.2, 0.25) is 0 Å². The van der Waals surface area contributed by atoms with Crippen molar-refractivity contribution in [1.82, 2.24) is 9.97 Å². The number of aliphatic carboxylic acids is 1. The zero-order chi connectivity index (χ0) is 11.7. The molecule has 1 aromatic carbocycles. The van der Waals surface area contributed by atoms with Crippen molar-refractivity contribution in [2.45, 2.75) is 13.3 Å². The standard InChI is InChI=1S/C11H12N2O3/c1-6-12-10-7(5-9(14)15)3-4-8(16-2)11(10)13-6/h3-4H,5H2,1-2H3,(H,12,13)(H,14,15). The third-order valence-corrected chi connectivity index (χ3v) is 2.37. The average molecular weight is 220 g/mol. The molecule has 0 aliphatic carbocycles. The molecule has 1 aromatic heterocycles. The molecule has 0 aliphatic rings. The van der Waals surface area contributed by atoms with Crippen molar-refractivity contribution in [3.05, 3.63) is 23.5 Å². The monoisotopic (exact) mass is 220 g/mol. The first-order chi connectivity index (χ1) is 7.61. The van der Waals surface area contributed by atoms with Crippen molar-refractivity contribution in [3.8, 4) is 5.75 Å². The number of nitrogens with one attached hydrogen (secondary N) is 1. The predicted molar refractivity (Wildman–Crippen MR) is 58.7 cm³/mol. The van der Waals surface area contributed by atoms with Crippen molar-refractivity contribution in [2.75, 3.05) is 7.11 Å². The molecule has 0 saturated heterocycles. The fourth-order valence-corrected chi connectivity index (χ4v) is 1.72. The molecule has 0 bridgehead atoms. The van der Waals surface area contributed by atoms with Crippen LogP contribution in [0.3, 0.4) is 0 Å². The van der Waals surface area contributed by atoms with Crippen LogP contribution in [0.2, 0.25) is 0 Å². The Morgan fingerprint density at radius 3 is 2.94 bits per heavy atom. The molecule has 0 fully saturated rings. The van der Waals surface area contributed by atoms with Gasteiger partial charge >= 0.3 is 5.97 Å². The smallest absolute Gasteiger partial charge is 0.307 e. The van der Waals surface area contributed by atoms with Gasteiger partial charge in [-0.1, -0.05) is 6.07 Å². The van der Waals surface area contributed by atoms with Crippen molar-refractivity contribution in [3.63, 3.8) is 0 Å². The number of imidazole rings is 1. The number of hydrogen-bond acceptors (Lipinski definition) is 3. The number of nitrogens with zero attached hydrogens (tertiary/aromatic N) is 1. The summed E-state index contributed by atoms with van der Waals surface area (Å²) < 4.78 is 5.17. The van der Waals surface area contributed by atoms with E-state index in [2.05, 4.69) is 9.97 Å². The van der Waals surface area contributed by atoms with E-state index >= 15 is 0 Å². The molecular formula is C11H12N2O3. The second-order valence-corrected chi connectivity index (χ2v) is 3.54. The predicted octanol–water partition coefficient (Wildman–Crippen LogP) is 1.51. The fourth-order valence-electron chi connectivity index (χ4n) is 1.72. The summed E-state index contributed by atoms with van der Waals surface area (Å²) in [5.74, 6) is 0.526. The summed E-state index contributed by atoms with van der Waals surface area (Å²) in [5.41, 5.74) is 2.13. The Morgan fingerprint density at radius 2 is 2.31 bits per heavy atom. The first kappa shape index (κ1) is 10.5. The number of carbonyl (C=O) groups is 1. The molecule has 0 spiro atoms. The topological polar surface area (TPSA) is 75.2 Å². The Hall–Kier alpha value is -2.04. The van der Waals surface area contributed by atoms with Crippen molar-refractivity contribution in [2.24, 2.45) is 0 Å². The van der Waals surface area contributed by atoms with E-state index in [9.17, 15) is 4.79 Å². The SMILES string of the molecule is COc1ccc(CC(=O)O)c2[nH]c(C)nc12. The molecule has 0 amide bonds. The maximum atomic E-state index is 10.7. The third-order valence-electron chi connectivity index (χ3n) is 2.37. The van der Waals surface area contributed by atoms with Gasteiger partial charge in [-0.3, -0.25) is 4.79 Å². The summed E-state index contributed by atoms with van der Waals surface area (Å²) in [6, 6.07) is 3.48. The number of hydrogen-bond donors (Lipinski definition) is 2. The Kier molecular flexibility index (Phi) is 2.52. The van der Waals surface area contributed by atoms with Gasteiger partial charge in [0, 0.05) is 0 Å². The van der Waals surface area contributed by atoms with Crippen LogP contribution in [0, 0.1) is 6.92 Å². The van der Waals surface area contributed by atoms with E-state index in [1.165, 1.54) is 0 Å². The molecule has 0 radical (unpaired) electrons. The van der Waals surface area contributed by atoms with Crippen LogP contribution in [0.25, 0.3) is 11.0 Å². The highest BCUT2D eigenvalue weighted by atomic mass is 16.5. The minimum absolute atomic E-state index is 0.0257. The van der Waals surface area contributed by atoms with E-state index in [-0.39, 0.29) is 6.42 Å². The summed E-state index contributed by atoms with van der Waals surface area (Å²) in [6.45, 7) is 1.82. The molecule has 5 nitrogen and oxygen atoms in total. The summed E-state index contributed by atoms with van der Waals surface area (Å²) in [6.07, 6.45) is -0.0257. The molecule has 2 aromatic rings. The van der Waals surface area contributed by atoms with Crippen LogP contribution in [0.1, 0.15) is 11.4 Å². The third kappa shape index (κ3) is 1.71.